The van der Waals surface area contributed by atoms with E-state index in [1.807, 2.05) is 36.5 Å². The summed E-state index contributed by atoms with van der Waals surface area (Å²) in [6.45, 7) is 1.71. The second kappa shape index (κ2) is 9.28. The zero-order valence-corrected chi connectivity index (χ0v) is 18.4. The highest BCUT2D eigenvalue weighted by molar-refractivity contribution is 5.90. The molecule has 7 nitrogen and oxygen atoms in total. The first-order valence-electron chi connectivity index (χ1n) is 11.8. The molecule has 0 spiro atoms. The number of fused-ring (bicyclic) bond motifs is 1. The van der Waals surface area contributed by atoms with Gasteiger partial charge in [0.15, 0.2) is 0 Å². The predicted molar refractivity (Wildman–Crippen MR) is 127 cm³/mol. The molecule has 1 saturated heterocycles. The molecule has 2 fully saturated rings. The largest absolute Gasteiger partial charge is 0.391 e. The maximum Gasteiger partial charge on any atom is 0.267 e. The van der Waals surface area contributed by atoms with Crippen molar-refractivity contribution < 1.29 is 5.11 Å². The average molecular weight is 434 g/mol. The van der Waals surface area contributed by atoms with Crippen LogP contribution in [0.1, 0.15) is 51.0 Å². The molecule has 3 aromatic rings. The Balaban J connectivity index is 1.38. The quantitative estimate of drug-likeness (QED) is 0.638. The van der Waals surface area contributed by atoms with Crippen molar-refractivity contribution in [2.24, 2.45) is 0 Å². The van der Waals surface area contributed by atoms with Gasteiger partial charge in [-0.05, 0) is 50.3 Å². The lowest BCUT2D eigenvalue weighted by Gasteiger charge is -2.37. The molecule has 2 aliphatic rings. The molecule has 1 aliphatic heterocycles. The predicted octanol–water partition coefficient (Wildman–Crippen LogP) is 3.74. The van der Waals surface area contributed by atoms with Crippen LogP contribution in [0.4, 0.5) is 11.5 Å². The fourth-order valence-electron chi connectivity index (χ4n) is 5.18. The first kappa shape index (κ1) is 20.9. The molecular weight excluding hydrogens is 402 g/mol. The molecule has 32 heavy (non-hydrogen) atoms. The van der Waals surface area contributed by atoms with Crippen molar-refractivity contribution in [2.75, 3.05) is 23.3 Å². The molecule has 2 N–H and O–H groups in total. The van der Waals surface area contributed by atoms with Crippen LogP contribution in [-0.4, -0.2) is 45.1 Å². The smallest absolute Gasteiger partial charge is 0.267 e. The summed E-state index contributed by atoms with van der Waals surface area (Å²) in [5, 5.41) is 20.0. The molecule has 3 heterocycles. The molecule has 1 saturated carbocycles. The highest BCUT2D eigenvalue weighted by Crippen LogP contribution is 2.29. The third-order valence-electron chi connectivity index (χ3n) is 6.92. The van der Waals surface area contributed by atoms with E-state index in [-0.39, 0.29) is 17.6 Å². The molecule has 3 atom stereocenters. The summed E-state index contributed by atoms with van der Waals surface area (Å²) in [6.07, 6.45) is 8.28. The Bertz CT molecular complexity index is 1130. The molecule has 2 aromatic heterocycles. The monoisotopic (exact) mass is 433 g/mol. The van der Waals surface area contributed by atoms with Crippen LogP contribution in [0.15, 0.2) is 53.5 Å². The number of benzene rings is 1. The number of nitrogens with zero attached hydrogens (tertiary/aromatic N) is 4. The molecule has 0 radical (unpaired) electrons. The molecule has 168 valence electrons. The molecule has 1 aromatic carbocycles. The summed E-state index contributed by atoms with van der Waals surface area (Å²) in [6, 6.07) is 13.7. The maximum atomic E-state index is 12.6. The van der Waals surface area contributed by atoms with Gasteiger partial charge in [0, 0.05) is 42.5 Å². The van der Waals surface area contributed by atoms with E-state index in [2.05, 4.69) is 21.3 Å². The van der Waals surface area contributed by atoms with E-state index in [0.29, 0.717) is 0 Å². The minimum Gasteiger partial charge on any atom is -0.391 e. The van der Waals surface area contributed by atoms with E-state index in [4.69, 9.17) is 5.10 Å². The van der Waals surface area contributed by atoms with Crippen molar-refractivity contribution in [3.63, 3.8) is 0 Å². The van der Waals surface area contributed by atoms with Crippen LogP contribution < -0.4 is 15.8 Å². The Morgan fingerprint density at radius 2 is 1.84 bits per heavy atom. The lowest BCUT2D eigenvalue weighted by Crippen LogP contribution is -2.45. The van der Waals surface area contributed by atoms with Crippen LogP contribution >= 0.6 is 0 Å². The summed E-state index contributed by atoms with van der Waals surface area (Å²) in [7, 11) is 0. The number of piperidine rings is 1. The normalized spacial score (nSPS) is 23.9. The number of anilines is 2. The Hall–Kier alpha value is -2.93. The number of para-hydroxylation sites is 1. The van der Waals surface area contributed by atoms with Gasteiger partial charge in [-0.15, -0.1) is 0 Å². The highest BCUT2D eigenvalue weighted by Gasteiger charge is 2.28. The summed E-state index contributed by atoms with van der Waals surface area (Å²) in [4.78, 5) is 19.3. The third kappa shape index (κ3) is 4.21. The van der Waals surface area contributed by atoms with Gasteiger partial charge in [0.2, 0.25) is 0 Å². The van der Waals surface area contributed by atoms with Crippen LogP contribution in [0, 0.1) is 0 Å². The van der Waals surface area contributed by atoms with Crippen molar-refractivity contribution in [1.82, 2.24) is 14.8 Å². The summed E-state index contributed by atoms with van der Waals surface area (Å²) in [5.41, 5.74) is 1.94. The summed E-state index contributed by atoms with van der Waals surface area (Å²) >= 11 is 0. The molecule has 3 unspecified atom stereocenters. The topological polar surface area (TPSA) is 83.3 Å². The van der Waals surface area contributed by atoms with Gasteiger partial charge in [-0.25, -0.2) is 4.68 Å². The van der Waals surface area contributed by atoms with E-state index in [0.717, 1.165) is 74.0 Å². The Labute approximate surface area is 188 Å². The van der Waals surface area contributed by atoms with E-state index in [9.17, 15) is 9.90 Å². The fraction of sp³-hybridized carbons (Fsp3) is 0.480. The van der Waals surface area contributed by atoms with Gasteiger partial charge >= 0.3 is 0 Å². The number of rotatable bonds is 5. The zero-order valence-electron chi connectivity index (χ0n) is 18.4. The van der Waals surface area contributed by atoms with Crippen molar-refractivity contribution in [3.8, 4) is 0 Å². The van der Waals surface area contributed by atoms with Gasteiger partial charge in [-0.1, -0.05) is 31.0 Å². The number of nitrogens with one attached hydrogen (secondary N) is 1. The zero-order chi connectivity index (χ0) is 21.9. The van der Waals surface area contributed by atoms with Crippen LogP contribution in [-0.2, 0) is 0 Å². The minimum atomic E-state index is -0.497. The molecule has 1 aliphatic carbocycles. The minimum absolute atomic E-state index is 0.130. The lowest BCUT2D eigenvalue weighted by molar-refractivity contribution is 0.0669. The lowest BCUT2D eigenvalue weighted by atomic mass is 9.93. The second-order valence-corrected chi connectivity index (χ2v) is 8.99. The van der Waals surface area contributed by atoms with Crippen LogP contribution in [0.3, 0.4) is 0 Å². The first-order valence-corrected chi connectivity index (χ1v) is 11.8. The van der Waals surface area contributed by atoms with E-state index in [1.54, 1.807) is 6.07 Å². The molecule has 5 rings (SSSR count). The maximum absolute atomic E-state index is 12.6. The summed E-state index contributed by atoms with van der Waals surface area (Å²) in [5.74, 6) is 0.827. The number of pyridine rings is 1. The second-order valence-electron chi connectivity index (χ2n) is 8.99. The van der Waals surface area contributed by atoms with Crippen LogP contribution in [0.2, 0.25) is 0 Å². The van der Waals surface area contributed by atoms with Gasteiger partial charge in [0.25, 0.3) is 5.56 Å². The SMILES string of the molecule is O=c1ccc(N2CCCCC2CNc2ccnc3ccccc23)nn1C1CCCCC1O. The van der Waals surface area contributed by atoms with Crippen molar-refractivity contribution in [3.05, 3.63) is 59.0 Å². The number of hydrogen-bond acceptors (Lipinski definition) is 6. The number of aliphatic hydroxyl groups is 1. The first-order chi connectivity index (χ1) is 15.7. The van der Waals surface area contributed by atoms with Crippen molar-refractivity contribution in [1.29, 1.82) is 0 Å². The van der Waals surface area contributed by atoms with Gasteiger partial charge < -0.3 is 15.3 Å². The van der Waals surface area contributed by atoms with E-state index < -0.39 is 6.10 Å². The Morgan fingerprint density at radius 3 is 2.75 bits per heavy atom. The highest BCUT2D eigenvalue weighted by atomic mass is 16.3. The fourth-order valence-corrected chi connectivity index (χ4v) is 5.18. The third-order valence-corrected chi connectivity index (χ3v) is 6.92. The van der Waals surface area contributed by atoms with Crippen LogP contribution in [0.25, 0.3) is 10.9 Å². The van der Waals surface area contributed by atoms with Gasteiger partial charge in [0.05, 0.1) is 17.7 Å². The Kier molecular flexibility index (Phi) is 6.08. The average Bonchev–Trinajstić information content (AvgIpc) is 2.84. The summed E-state index contributed by atoms with van der Waals surface area (Å²) < 4.78 is 1.54. The van der Waals surface area contributed by atoms with Gasteiger partial charge in [-0.2, -0.15) is 5.10 Å². The number of hydrogen-bond donors (Lipinski definition) is 2. The van der Waals surface area contributed by atoms with E-state index >= 15 is 0 Å². The van der Waals surface area contributed by atoms with Crippen molar-refractivity contribution in [2.45, 2.75) is 63.1 Å². The number of aromatic nitrogens is 3. The molecular formula is C25H31N5O2. The van der Waals surface area contributed by atoms with Gasteiger partial charge in [-0.3, -0.25) is 9.78 Å². The Morgan fingerprint density at radius 1 is 1.00 bits per heavy atom. The number of aliphatic hydroxyl groups excluding tert-OH is 1. The van der Waals surface area contributed by atoms with Crippen LogP contribution in [0.5, 0.6) is 0 Å². The standard InChI is InChI=1S/C25H31N5O2/c31-23-11-4-3-10-22(23)30-25(32)13-12-24(28-30)29-16-6-5-7-18(29)17-27-21-14-15-26-20-9-2-1-8-19(20)21/h1-2,8-9,12-15,18,22-23,31H,3-7,10-11,16-17H2,(H,26,27). The molecule has 0 bridgehead atoms. The molecule has 7 heteroatoms. The molecule has 0 amide bonds. The van der Waals surface area contributed by atoms with Crippen molar-refractivity contribution >= 4 is 22.4 Å². The van der Waals surface area contributed by atoms with Gasteiger partial charge in [0.1, 0.15) is 5.82 Å². The van der Waals surface area contributed by atoms with E-state index in [1.165, 1.54) is 11.1 Å².